The molecule has 0 aromatic rings. The summed E-state index contributed by atoms with van der Waals surface area (Å²) in [6.07, 6.45) is 8.63. The highest BCUT2D eigenvalue weighted by atomic mass is 16.2. The summed E-state index contributed by atoms with van der Waals surface area (Å²) in [5.74, 6) is 0.853. The first-order chi connectivity index (χ1) is 6.38. The van der Waals surface area contributed by atoms with Crippen LogP contribution in [0.4, 0.5) is 0 Å². The second-order valence-corrected chi connectivity index (χ2v) is 4.37. The van der Waals surface area contributed by atoms with E-state index in [-0.39, 0.29) is 0 Å². The molecule has 2 rings (SSSR count). The Labute approximate surface area is 80.3 Å². The second-order valence-electron chi connectivity index (χ2n) is 4.37. The molecule has 2 nitrogen and oxygen atoms in total. The second kappa shape index (κ2) is 4.12. The molecule has 0 atom stereocenters. The van der Waals surface area contributed by atoms with E-state index in [1.807, 2.05) is 0 Å². The summed E-state index contributed by atoms with van der Waals surface area (Å²) in [6, 6.07) is 0. The minimum absolute atomic E-state index is 0.401. The molecule has 2 heteroatoms. The Balaban J connectivity index is 1.85. The van der Waals surface area contributed by atoms with E-state index in [9.17, 15) is 4.79 Å². The quantitative estimate of drug-likeness (QED) is 0.607. The van der Waals surface area contributed by atoms with Crippen molar-refractivity contribution >= 4 is 5.91 Å². The first-order valence-electron chi connectivity index (χ1n) is 5.67. The summed E-state index contributed by atoms with van der Waals surface area (Å²) >= 11 is 0. The number of carbonyl (C=O) groups is 1. The largest absolute Gasteiger partial charge is 0.342 e. The Hall–Kier alpha value is -0.530. The Kier molecular flexibility index (Phi) is 2.87. The van der Waals surface area contributed by atoms with Crippen molar-refractivity contribution < 1.29 is 4.79 Å². The van der Waals surface area contributed by atoms with Crippen LogP contribution in [0, 0.1) is 5.92 Å². The fourth-order valence-electron chi connectivity index (χ4n) is 2.20. The zero-order valence-corrected chi connectivity index (χ0v) is 8.30. The van der Waals surface area contributed by atoms with E-state index in [4.69, 9.17) is 0 Å². The average molecular weight is 181 g/mol. The molecule has 1 heterocycles. The van der Waals surface area contributed by atoms with Crippen LogP contribution < -0.4 is 0 Å². The van der Waals surface area contributed by atoms with Gasteiger partial charge in [-0.2, -0.15) is 0 Å². The number of hydrogen-bond donors (Lipinski definition) is 0. The summed E-state index contributed by atoms with van der Waals surface area (Å²) in [4.78, 5) is 14.0. The third-order valence-corrected chi connectivity index (χ3v) is 3.37. The van der Waals surface area contributed by atoms with Crippen LogP contribution in [0.5, 0.6) is 0 Å². The lowest BCUT2D eigenvalue weighted by atomic mass is 9.84. The van der Waals surface area contributed by atoms with Crippen molar-refractivity contribution in [1.29, 1.82) is 0 Å². The molecule has 0 aromatic heterocycles. The molecule has 1 aliphatic carbocycles. The van der Waals surface area contributed by atoms with Gasteiger partial charge in [0.2, 0.25) is 5.91 Å². The van der Waals surface area contributed by atoms with E-state index >= 15 is 0 Å². The highest BCUT2D eigenvalue weighted by Gasteiger charge is 2.29. The van der Waals surface area contributed by atoms with Crippen LogP contribution in [-0.4, -0.2) is 23.9 Å². The van der Waals surface area contributed by atoms with E-state index in [1.54, 1.807) is 0 Å². The predicted molar refractivity (Wildman–Crippen MR) is 52.4 cm³/mol. The lowest BCUT2D eigenvalue weighted by Gasteiger charge is -2.30. The summed E-state index contributed by atoms with van der Waals surface area (Å²) < 4.78 is 0. The smallest absolute Gasteiger partial charge is 0.225 e. The maximum Gasteiger partial charge on any atom is 0.225 e. The zero-order valence-electron chi connectivity index (χ0n) is 8.30. The maximum absolute atomic E-state index is 11.9. The van der Waals surface area contributed by atoms with Gasteiger partial charge in [0.1, 0.15) is 0 Å². The predicted octanol–water partition coefficient (Wildman–Crippen LogP) is 2.19. The average Bonchev–Trinajstić information content (AvgIpc) is 2.27. The van der Waals surface area contributed by atoms with Gasteiger partial charge in [-0.25, -0.2) is 0 Å². The lowest BCUT2D eigenvalue weighted by molar-refractivity contribution is -0.138. The molecule has 1 aliphatic heterocycles. The molecule has 0 unspecified atom stereocenters. The van der Waals surface area contributed by atoms with Crippen LogP contribution in [0.25, 0.3) is 0 Å². The molecule has 0 spiro atoms. The molecule has 13 heavy (non-hydrogen) atoms. The van der Waals surface area contributed by atoms with Crippen LogP contribution in [0.15, 0.2) is 0 Å². The molecular formula is C11H19NO. The molecule has 2 fully saturated rings. The van der Waals surface area contributed by atoms with Gasteiger partial charge >= 0.3 is 0 Å². The number of amides is 1. The first kappa shape index (κ1) is 9.04. The van der Waals surface area contributed by atoms with Gasteiger partial charge in [-0.15, -0.1) is 0 Å². The van der Waals surface area contributed by atoms with Gasteiger partial charge in [-0.05, 0) is 25.7 Å². The van der Waals surface area contributed by atoms with Gasteiger partial charge in [0, 0.05) is 19.0 Å². The number of likely N-dealkylation sites (tertiary alicyclic amines) is 1. The third-order valence-electron chi connectivity index (χ3n) is 3.37. The van der Waals surface area contributed by atoms with Crippen LogP contribution in [-0.2, 0) is 4.79 Å². The van der Waals surface area contributed by atoms with Crippen molar-refractivity contribution in [3.63, 3.8) is 0 Å². The van der Waals surface area contributed by atoms with Gasteiger partial charge in [0.15, 0.2) is 0 Å². The summed E-state index contributed by atoms with van der Waals surface area (Å²) in [5, 5.41) is 0. The lowest BCUT2D eigenvalue weighted by Crippen LogP contribution is -2.39. The normalized spacial score (nSPS) is 25.1. The summed E-state index contributed by atoms with van der Waals surface area (Å²) in [7, 11) is 0. The van der Waals surface area contributed by atoms with E-state index < -0.39 is 0 Å². The minimum Gasteiger partial charge on any atom is -0.342 e. The van der Waals surface area contributed by atoms with Crippen molar-refractivity contribution in [1.82, 2.24) is 4.90 Å². The molecule has 0 aromatic carbocycles. The Morgan fingerprint density at radius 2 is 1.54 bits per heavy atom. The fraction of sp³-hybridized carbons (Fsp3) is 0.909. The molecular weight excluding hydrogens is 162 g/mol. The highest BCUT2D eigenvalue weighted by molar-refractivity contribution is 5.79. The molecule has 1 saturated heterocycles. The number of nitrogens with zero attached hydrogens (tertiary/aromatic N) is 1. The van der Waals surface area contributed by atoms with E-state index in [0.29, 0.717) is 11.8 Å². The molecule has 1 saturated carbocycles. The number of rotatable bonds is 1. The van der Waals surface area contributed by atoms with Gasteiger partial charge in [-0.3, -0.25) is 4.79 Å². The molecule has 1 amide bonds. The Morgan fingerprint density at radius 1 is 0.923 bits per heavy atom. The maximum atomic E-state index is 11.9. The fourth-order valence-corrected chi connectivity index (χ4v) is 2.20. The molecule has 0 N–H and O–H groups in total. The number of carbonyl (C=O) groups excluding carboxylic acids is 1. The van der Waals surface area contributed by atoms with Gasteiger partial charge in [0.05, 0.1) is 0 Å². The van der Waals surface area contributed by atoms with Gasteiger partial charge in [0.25, 0.3) is 0 Å². The molecule has 0 bridgehead atoms. The third kappa shape index (κ3) is 2.04. The van der Waals surface area contributed by atoms with Crippen LogP contribution in [0.1, 0.15) is 44.9 Å². The van der Waals surface area contributed by atoms with Crippen molar-refractivity contribution in [3.8, 4) is 0 Å². The van der Waals surface area contributed by atoms with Crippen molar-refractivity contribution in [2.75, 3.05) is 13.1 Å². The van der Waals surface area contributed by atoms with Crippen LogP contribution >= 0.6 is 0 Å². The standard InChI is InChI=1S/C11H19NO/c13-11(10-6-5-7-10)12-8-3-1-2-4-9-12/h10H,1-9H2. The van der Waals surface area contributed by atoms with E-state index in [1.165, 1.54) is 32.1 Å². The zero-order chi connectivity index (χ0) is 9.10. The summed E-state index contributed by atoms with van der Waals surface area (Å²) in [5.41, 5.74) is 0. The minimum atomic E-state index is 0.401. The van der Waals surface area contributed by atoms with Crippen molar-refractivity contribution in [3.05, 3.63) is 0 Å². The van der Waals surface area contributed by atoms with E-state index in [0.717, 1.165) is 25.9 Å². The highest BCUT2D eigenvalue weighted by Crippen LogP contribution is 2.28. The SMILES string of the molecule is O=C(C1CCC1)N1CCCCCC1. The Morgan fingerprint density at radius 3 is 2.00 bits per heavy atom. The van der Waals surface area contributed by atoms with Gasteiger partial charge in [-0.1, -0.05) is 19.3 Å². The monoisotopic (exact) mass is 181 g/mol. The molecule has 0 radical (unpaired) electrons. The Bertz CT molecular complexity index is 179. The van der Waals surface area contributed by atoms with E-state index in [2.05, 4.69) is 4.90 Å². The van der Waals surface area contributed by atoms with Crippen LogP contribution in [0.3, 0.4) is 0 Å². The summed E-state index contributed by atoms with van der Waals surface area (Å²) in [6.45, 7) is 2.05. The van der Waals surface area contributed by atoms with Crippen molar-refractivity contribution in [2.24, 2.45) is 5.92 Å². The van der Waals surface area contributed by atoms with Crippen molar-refractivity contribution in [2.45, 2.75) is 44.9 Å². The number of hydrogen-bond acceptors (Lipinski definition) is 1. The molecule has 74 valence electrons. The van der Waals surface area contributed by atoms with Crippen LogP contribution in [0.2, 0.25) is 0 Å². The topological polar surface area (TPSA) is 20.3 Å². The molecule has 2 aliphatic rings. The van der Waals surface area contributed by atoms with Gasteiger partial charge < -0.3 is 4.90 Å². The first-order valence-corrected chi connectivity index (χ1v) is 5.67.